The number of ether oxygens (including phenoxy) is 1. The lowest BCUT2D eigenvalue weighted by atomic mass is 10.2. The van der Waals surface area contributed by atoms with Gasteiger partial charge in [0.25, 0.3) is 0 Å². The zero-order valence-electron chi connectivity index (χ0n) is 7.65. The van der Waals surface area contributed by atoms with Crippen molar-refractivity contribution in [3.8, 4) is 0 Å². The summed E-state index contributed by atoms with van der Waals surface area (Å²) in [7, 11) is 1.35. The molecule has 0 aliphatic rings. The normalized spacial score (nSPS) is 10.3. The molecule has 0 unspecified atom stereocenters. The van der Waals surface area contributed by atoms with Crippen LogP contribution in [0.5, 0.6) is 0 Å². The van der Waals surface area contributed by atoms with Crippen molar-refractivity contribution in [2.24, 2.45) is 0 Å². The van der Waals surface area contributed by atoms with Crippen molar-refractivity contribution >= 4 is 12.0 Å². The van der Waals surface area contributed by atoms with Crippen molar-refractivity contribution in [2.45, 2.75) is 6.92 Å². The average molecular weight is 177 g/mol. The Morgan fingerprint density at radius 3 is 2.77 bits per heavy atom. The predicted molar refractivity (Wildman–Crippen MR) is 50.3 cm³/mol. The van der Waals surface area contributed by atoms with E-state index in [2.05, 4.69) is 9.72 Å². The fourth-order valence-corrected chi connectivity index (χ4v) is 0.913. The van der Waals surface area contributed by atoms with E-state index >= 15 is 0 Å². The highest BCUT2D eigenvalue weighted by Gasteiger charge is 2.03. The quantitative estimate of drug-likeness (QED) is 0.647. The Morgan fingerprint density at radius 1 is 1.54 bits per heavy atom. The maximum absolute atomic E-state index is 11.0. The number of carbonyl (C=O) groups is 1. The number of esters is 1. The second kappa shape index (κ2) is 4.40. The zero-order valence-corrected chi connectivity index (χ0v) is 7.65. The molecule has 0 saturated heterocycles. The van der Waals surface area contributed by atoms with Gasteiger partial charge in [-0.25, -0.2) is 4.79 Å². The van der Waals surface area contributed by atoms with Gasteiger partial charge in [-0.15, -0.1) is 0 Å². The fraction of sp³-hybridized carbons (Fsp3) is 0.200. The van der Waals surface area contributed by atoms with Gasteiger partial charge in [0.15, 0.2) is 0 Å². The van der Waals surface area contributed by atoms with Crippen molar-refractivity contribution in [2.75, 3.05) is 7.11 Å². The van der Waals surface area contributed by atoms with Crippen LogP contribution in [0.3, 0.4) is 0 Å². The molecule has 0 aliphatic carbocycles. The molecule has 1 heterocycles. The summed E-state index contributed by atoms with van der Waals surface area (Å²) in [6.07, 6.45) is 5.25. The SMILES string of the molecule is C/C=C\c1ccc(C(=O)OC)cn1. The van der Waals surface area contributed by atoms with E-state index in [4.69, 9.17) is 0 Å². The first-order valence-electron chi connectivity index (χ1n) is 3.95. The van der Waals surface area contributed by atoms with Crippen molar-refractivity contribution in [3.63, 3.8) is 0 Å². The molecular weight excluding hydrogens is 166 g/mol. The topological polar surface area (TPSA) is 39.2 Å². The van der Waals surface area contributed by atoms with E-state index < -0.39 is 0 Å². The molecule has 0 fully saturated rings. The molecule has 13 heavy (non-hydrogen) atoms. The van der Waals surface area contributed by atoms with Gasteiger partial charge < -0.3 is 4.74 Å². The third kappa shape index (κ3) is 2.40. The van der Waals surface area contributed by atoms with E-state index in [0.717, 1.165) is 5.69 Å². The number of carbonyl (C=O) groups excluding carboxylic acids is 1. The molecule has 1 rings (SSSR count). The van der Waals surface area contributed by atoms with Crippen LogP contribution in [0.25, 0.3) is 6.08 Å². The molecule has 0 bridgehead atoms. The molecule has 3 nitrogen and oxygen atoms in total. The van der Waals surface area contributed by atoms with Gasteiger partial charge in [-0.2, -0.15) is 0 Å². The third-order valence-electron chi connectivity index (χ3n) is 1.54. The lowest BCUT2D eigenvalue weighted by Crippen LogP contribution is -2.01. The van der Waals surface area contributed by atoms with Crippen LogP contribution in [0.4, 0.5) is 0 Å². The van der Waals surface area contributed by atoms with E-state index in [9.17, 15) is 4.79 Å². The summed E-state index contributed by atoms with van der Waals surface area (Å²) in [5, 5.41) is 0. The summed E-state index contributed by atoms with van der Waals surface area (Å²) in [5.41, 5.74) is 1.30. The van der Waals surface area contributed by atoms with Crippen molar-refractivity contribution in [3.05, 3.63) is 35.7 Å². The van der Waals surface area contributed by atoms with Crippen molar-refractivity contribution in [1.29, 1.82) is 0 Å². The van der Waals surface area contributed by atoms with Crippen LogP contribution in [0.1, 0.15) is 23.0 Å². The highest BCUT2D eigenvalue weighted by molar-refractivity contribution is 5.88. The minimum absolute atomic E-state index is 0.362. The maximum atomic E-state index is 11.0. The van der Waals surface area contributed by atoms with Crippen LogP contribution in [0.15, 0.2) is 24.4 Å². The van der Waals surface area contributed by atoms with Crippen LogP contribution < -0.4 is 0 Å². The summed E-state index contributed by atoms with van der Waals surface area (Å²) >= 11 is 0. The van der Waals surface area contributed by atoms with Gasteiger partial charge in [0.05, 0.1) is 18.4 Å². The van der Waals surface area contributed by atoms with Crippen LogP contribution in [-0.2, 0) is 4.74 Å². The van der Waals surface area contributed by atoms with Gasteiger partial charge in [0.1, 0.15) is 0 Å². The third-order valence-corrected chi connectivity index (χ3v) is 1.54. The first-order chi connectivity index (χ1) is 6.27. The number of nitrogens with zero attached hydrogens (tertiary/aromatic N) is 1. The van der Waals surface area contributed by atoms with Gasteiger partial charge in [-0.3, -0.25) is 4.98 Å². The van der Waals surface area contributed by atoms with Gasteiger partial charge in [-0.05, 0) is 25.1 Å². The largest absolute Gasteiger partial charge is 0.465 e. The monoisotopic (exact) mass is 177 g/mol. The highest BCUT2D eigenvalue weighted by atomic mass is 16.5. The molecule has 0 amide bonds. The maximum Gasteiger partial charge on any atom is 0.339 e. The average Bonchev–Trinajstić information content (AvgIpc) is 2.18. The highest BCUT2D eigenvalue weighted by Crippen LogP contribution is 2.03. The molecule has 3 heteroatoms. The molecule has 0 radical (unpaired) electrons. The smallest absolute Gasteiger partial charge is 0.339 e. The first-order valence-corrected chi connectivity index (χ1v) is 3.95. The summed E-state index contributed by atoms with van der Waals surface area (Å²) in [4.78, 5) is 15.1. The zero-order chi connectivity index (χ0) is 9.68. The second-order valence-electron chi connectivity index (χ2n) is 2.46. The first kappa shape index (κ1) is 9.45. The van der Waals surface area contributed by atoms with Crippen molar-refractivity contribution < 1.29 is 9.53 Å². The van der Waals surface area contributed by atoms with E-state index in [1.807, 2.05) is 19.1 Å². The lowest BCUT2D eigenvalue weighted by molar-refractivity contribution is 0.0600. The number of rotatable bonds is 2. The van der Waals surface area contributed by atoms with Gasteiger partial charge in [0, 0.05) is 6.20 Å². The minimum atomic E-state index is -0.362. The van der Waals surface area contributed by atoms with Crippen LogP contribution in [0, 0.1) is 0 Å². The Morgan fingerprint density at radius 2 is 2.31 bits per heavy atom. The number of hydrogen-bond acceptors (Lipinski definition) is 3. The minimum Gasteiger partial charge on any atom is -0.465 e. The standard InChI is InChI=1S/C10H11NO2/c1-3-4-9-6-5-8(7-11-9)10(12)13-2/h3-7H,1-2H3/b4-3-. The summed E-state index contributed by atoms with van der Waals surface area (Å²) in [6, 6.07) is 3.46. The number of aromatic nitrogens is 1. The van der Waals surface area contributed by atoms with Gasteiger partial charge >= 0.3 is 5.97 Å². The molecule has 0 N–H and O–H groups in total. The van der Waals surface area contributed by atoms with E-state index in [1.54, 1.807) is 12.1 Å². The van der Waals surface area contributed by atoms with Crippen molar-refractivity contribution in [1.82, 2.24) is 4.98 Å². The summed E-state index contributed by atoms with van der Waals surface area (Å²) in [6.45, 7) is 1.91. The molecule has 0 aromatic carbocycles. The summed E-state index contributed by atoms with van der Waals surface area (Å²) < 4.78 is 4.54. The lowest BCUT2D eigenvalue weighted by Gasteiger charge is -1.97. The molecule has 68 valence electrons. The fourth-order valence-electron chi connectivity index (χ4n) is 0.913. The molecule has 1 aromatic heterocycles. The van der Waals surface area contributed by atoms with E-state index in [-0.39, 0.29) is 5.97 Å². The van der Waals surface area contributed by atoms with Gasteiger partial charge in [-0.1, -0.05) is 6.08 Å². The Balaban J connectivity index is 2.87. The second-order valence-corrected chi connectivity index (χ2v) is 2.46. The molecular formula is C10H11NO2. The summed E-state index contributed by atoms with van der Waals surface area (Å²) in [5.74, 6) is -0.362. The Kier molecular flexibility index (Phi) is 3.20. The molecule has 0 atom stereocenters. The van der Waals surface area contributed by atoms with Gasteiger partial charge in [0.2, 0.25) is 0 Å². The van der Waals surface area contributed by atoms with E-state index in [1.165, 1.54) is 13.3 Å². The van der Waals surface area contributed by atoms with Crippen LogP contribution in [0.2, 0.25) is 0 Å². The molecule has 1 aromatic rings. The Hall–Kier alpha value is -1.64. The Bertz CT molecular complexity index is 314. The number of methoxy groups -OCH3 is 1. The van der Waals surface area contributed by atoms with E-state index in [0.29, 0.717) is 5.56 Å². The number of pyridine rings is 1. The number of allylic oxidation sites excluding steroid dienone is 1. The number of hydrogen-bond donors (Lipinski definition) is 0. The Labute approximate surface area is 77.1 Å². The molecule has 0 aliphatic heterocycles. The van der Waals surface area contributed by atoms with Crippen LogP contribution in [-0.4, -0.2) is 18.1 Å². The molecule has 0 saturated carbocycles. The van der Waals surface area contributed by atoms with Crippen LogP contribution >= 0.6 is 0 Å². The molecule has 0 spiro atoms. The predicted octanol–water partition coefficient (Wildman–Crippen LogP) is 1.90.